The number of fused-ring (bicyclic) bond motifs is 10. The number of rotatable bonds is 3. The molecule has 2 nitrogen and oxygen atoms in total. The van der Waals surface area contributed by atoms with Crippen molar-refractivity contribution in [2.45, 2.75) is 0 Å². The van der Waals surface area contributed by atoms with E-state index in [0.29, 0.717) is 0 Å². The summed E-state index contributed by atoms with van der Waals surface area (Å²) in [6.07, 6.45) is 0. The van der Waals surface area contributed by atoms with Crippen molar-refractivity contribution in [1.29, 1.82) is 0 Å². The topological polar surface area (TPSA) is 20.7 Å². The fourth-order valence-electron chi connectivity index (χ4n) is 7.99. The van der Waals surface area contributed by atoms with Crippen molar-refractivity contribution >= 4 is 85.9 Å². The van der Waals surface area contributed by atoms with E-state index in [0.717, 1.165) is 0 Å². The number of H-pyrrole nitrogens is 1. The minimum absolute atomic E-state index is 1.17. The molecule has 11 aromatic rings. The van der Waals surface area contributed by atoms with Crippen LogP contribution in [0.1, 0.15) is 0 Å². The van der Waals surface area contributed by atoms with E-state index >= 15 is 0 Å². The van der Waals surface area contributed by atoms with Crippen LogP contribution in [0.15, 0.2) is 164 Å². The van der Waals surface area contributed by atoms with E-state index in [-0.39, 0.29) is 0 Å². The molecule has 0 atom stereocenters. The lowest BCUT2D eigenvalue weighted by Crippen LogP contribution is -1.95. The van der Waals surface area contributed by atoms with Crippen molar-refractivity contribution in [3.05, 3.63) is 164 Å². The summed E-state index contributed by atoms with van der Waals surface area (Å²) in [4.78, 5) is 3.62. The van der Waals surface area contributed by atoms with Gasteiger partial charge >= 0.3 is 0 Å². The summed E-state index contributed by atoms with van der Waals surface area (Å²) < 4.78 is 5.12. The van der Waals surface area contributed by atoms with E-state index in [2.05, 4.69) is 173 Å². The van der Waals surface area contributed by atoms with E-state index in [1.807, 2.05) is 11.3 Å². The molecular weight excluding hydrogens is 613 g/mol. The van der Waals surface area contributed by atoms with Crippen molar-refractivity contribution in [3.63, 3.8) is 0 Å². The molecule has 0 radical (unpaired) electrons. The largest absolute Gasteiger partial charge is 0.354 e. The third kappa shape index (κ3) is 4.00. The van der Waals surface area contributed by atoms with Crippen LogP contribution in [0.2, 0.25) is 0 Å². The number of aromatic nitrogens is 2. The van der Waals surface area contributed by atoms with Crippen LogP contribution >= 0.6 is 11.3 Å². The number of thiophene rings is 1. The molecule has 0 saturated carbocycles. The maximum absolute atomic E-state index is 3.62. The van der Waals surface area contributed by atoms with Gasteiger partial charge in [0.25, 0.3) is 0 Å². The van der Waals surface area contributed by atoms with Gasteiger partial charge in [0.05, 0.1) is 16.7 Å². The Morgan fingerprint density at radius 2 is 1.00 bits per heavy atom. The first-order valence-corrected chi connectivity index (χ1v) is 17.6. The first-order chi connectivity index (χ1) is 24.3. The third-order valence-electron chi connectivity index (χ3n) is 10.3. The third-order valence-corrected chi connectivity index (χ3v) is 11.5. The number of aromatic amines is 1. The average molecular weight is 641 g/mol. The lowest BCUT2D eigenvalue weighted by Gasteiger charge is -2.13. The molecular formula is C46H28N2S. The first-order valence-electron chi connectivity index (χ1n) is 16.8. The Kier molecular flexibility index (Phi) is 5.57. The molecule has 3 aromatic heterocycles. The van der Waals surface area contributed by atoms with Crippen LogP contribution in [0.25, 0.3) is 102 Å². The Balaban J connectivity index is 1.06. The second-order valence-corrected chi connectivity index (χ2v) is 14.1. The maximum atomic E-state index is 3.62. The quantitative estimate of drug-likeness (QED) is 0.198. The van der Waals surface area contributed by atoms with Crippen LogP contribution in [-0.4, -0.2) is 9.55 Å². The molecule has 228 valence electrons. The van der Waals surface area contributed by atoms with E-state index in [1.165, 1.54) is 102 Å². The monoisotopic (exact) mass is 640 g/mol. The second-order valence-electron chi connectivity index (χ2n) is 13.0. The van der Waals surface area contributed by atoms with E-state index in [4.69, 9.17) is 0 Å². The number of hydrogen-bond acceptors (Lipinski definition) is 1. The van der Waals surface area contributed by atoms with Crippen molar-refractivity contribution in [2.75, 3.05) is 0 Å². The molecule has 49 heavy (non-hydrogen) atoms. The van der Waals surface area contributed by atoms with Crippen LogP contribution in [0, 0.1) is 0 Å². The Morgan fingerprint density at radius 3 is 1.92 bits per heavy atom. The van der Waals surface area contributed by atoms with Gasteiger partial charge in [0.15, 0.2) is 0 Å². The molecule has 0 fully saturated rings. The highest BCUT2D eigenvalue weighted by molar-refractivity contribution is 7.25. The molecule has 11 rings (SSSR count). The van der Waals surface area contributed by atoms with Gasteiger partial charge in [0, 0.05) is 58.1 Å². The maximum Gasteiger partial charge on any atom is 0.0541 e. The Morgan fingerprint density at radius 1 is 0.367 bits per heavy atom. The lowest BCUT2D eigenvalue weighted by molar-refractivity contribution is 1.20. The number of nitrogens with one attached hydrogen (secondary N) is 1. The molecule has 0 aliphatic rings. The molecule has 3 heteroatoms. The zero-order valence-electron chi connectivity index (χ0n) is 26.4. The van der Waals surface area contributed by atoms with Gasteiger partial charge in [-0.05, 0) is 88.3 Å². The molecule has 0 spiro atoms. The number of hydrogen-bond donors (Lipinski definition) is 1. The summed E-state index contributed by atoms with van der Waals surface area (Å²) in [5.74, 6) is 0. The minimum atomic E-state index is 1.17. The lowest BCUT2D eigenvalue weighted by atomic mass is 9.99. The van der Waals surface area contributed by atoms with E-state index in [9.17, 15) is 0 Å². The number of para-hydroxylation sites is 2. The van der Waals surface area contributed by atoms with Gasteiger partial charge in [-0.15, -0.1) is 11.3 Å². The van der Waals surface area contributed by atoms with Crippen LogP contribution in [-0.2, 0) is 0 Å². The molecule has 0 aliphatic carbocycles. The molecule has 0 amide bonds. The molecule has 0 bridgehead atoms. The Hall–Kier alpha value is -6.16. The standard InChI is InChI=1S/C46H28N2S/c1-4-12-40-34(9-1)35-21-17-31(27-41(35)47-40)29-18-22-44-38(25-29)36-10-2-5-13-43(36)48(44)42-14-7-8-32-24-28(16-20-33(32)42)30-19-23-46-39(26-30)37-11-3-6-15-45(37)49-46/h1-27,47H. The number of nitrogens with zero attached hydrogens (tertiary/aromatic N) is 1. The summed E-state index contributed by atoms with van der Waals surface area (Å²) in [7, 11) is 0. The van der Waals surface area contributed by atoms with Crippen LogP contribution in [0.5, 0.6) is 0 Å². The zero-order valence-corrected chi connectivity index (χ0v) is 27.3. The van der Waals surface area contributed by atoms with E-state index < -0.39 is 0 Å². The summed E-state index contributed by atoms with van der Waals surface area (Å²) in [5.41, 5.74) is 10.9. The highest BCUT2D eigenvalue weighted by Crippen LogP contribution is 2.40. The number of benzene rings is 8. The average Bonchev–Trinajstić information content (AvgIpc) is 3.83. The summed E-state index contributed by atoms with van der Waals surface area (Å²) in [6, 6.07) is 60.3. The summed E-state index contributed by atoms with van der Waals surface area (Å²) in [6.45, 7) is 0. The Bertz CT molecular complexity index is 3120. The van der Waals surface area contributed by atoms with Crippen molar-refractivity contribution < 1.29 is 0 Å². The molecule has 0 saturated heterocycles. The summed E-state index contributed by atoms with van der Waals surface area (Å²) in [5, 5.41) is 10.2. The molecule has 0 unspecified atom stereocenters. The zero-order chi connectivity index (χ0) is 32.1. The molecule has 8 aromatic carbocycles. The van der Waals surface area contributed by atoms with Gasteiger partial charge < -0.3 is 9.55 Å². The molecule has 3 heterocycles. The van der Waals surface area contributed by atoms with Crippen LogP contribution in [0.4, 0.5) is 0 Å². The summed E-state index contributed by atoms with van der Waals surface area (Å²) >= 11 is 1.87. The van der Waals surface area contributed by atoms with Crippen molar-refractivity contribution in [3.8, 4) is 27.9 Å². The van der Waals surface area contributed by atoms with Gasteiger partial charge in [0.1, 0.15) is 0 Å². The van der Waals surface area contributed by atoms with Crippen LogP contribution in [0.3, 0.4) is 0 Å². The fourth-order valence-corrected chi connectivity index (χ4v) is 9.08. The SMILES string of the molecule is c1cc(-n2c3ccccc3c3cc(-c4ccc5c(c4)[nH]c4ccccc45)ccc32)c2ccc(-c3ccc4sc5ccccc5c4c3)cc2c1. The van der Waals surface area contributed by atoms with Gasteiger partial charge in [-0.3, -0.25) is 0 Å². The predicted octanol–water partition coefficient (Wildman–Crippen LogP) is 13.3. The van der Waals surface area contributed by atoms with Crippen molar-refractivity contribution in [2.24, 2.45) is 0 Å². The van der Waals surface area contributed by atoms with Crippen LogP contribution < -0.4 is 0 Å². The van der Waals surface area contributed by atoms with Gasteiger partial charge in [-0.1, -0.05) is 103 Å². The molecule has 0 aliphatic heterocycles. The predicted molar refractivity (Wildman–Crippen MR) is 211 cm³/mol. The molecule has 1 N–H and O–H groups in total. The smallest absolute Gasteiger partial charge is 0.0541 e. The first kappa shape index (κ1) is 26.9. The Labute approximate surface area is 286 Å². The normalized spacial score (nSPS) is 12.1. The van der Waals surface area contributed by atoms with Gasteiger partial charge in [-0.2, -0.15) is 0 Å². The van der Waals surface area contributed by atoms with Crippen molar-refractivity contribution in [1.82, 2.24) is 9.55 Å². The van der Waals surface area contributed by atoms with E-state index in [1.54, 1.807) is 0 Å². The highest BCUT2D eigenvalue weighted by atomic mass is 32.1. The fraction of sp³-hybridized carbons (Fsp3) is 0. The highest BCUT2D eigenvalue weighted by Gasteiger charge is 2.16. The van der Waals surface area contributed by atoms with Gasteiger partial charge in [-0.25, -0.2) is 0 Å². The van der Waals surface area contributed by atoms with Gasteiger partial charge in [0.2, 0.25) is 0 Å². The minimum Gasteiger partial charge on any atom is -0.354 e. The second kappa shape index (κ2) is 10.2.